The molecule has 0 saturated carbocycles. The van der Waals surface area contributed by atoms with Crippen LogP contribution in [0.15, 0.2) is 29.4 Å². The molecule has 0 saturated heterocycles. The molecule has 1 aromatic heterocycles. The van der Waals surface area contributed by atoms with Gasteiger partial charge >= 0.3 is 6.03 Å². The molecule has 1 N–H and O–H groups in total. The highest BCUT2D eigenvalue weighted by molar-refractivity contribution is 6.04. The van der Waals surface area contributed by atoms with Crippen LogP contribution in [0.2, 0.25) is 0 Å². The lowest BCUT2D eigenvalue weighted by molar-refractivity contribution is 0.0381. The van der Waals surface area contributed by atoms with Gasteiger partial charge in [-0.1, -0.05) is 13.8 Å². The van der Waals surface area contributed by atoms with Crippen LogP contribution in [-0.2, 0) is 4.74 Å². The average molecular weight is 324 g/mol. The molecular weight excluding hydrogens is 304 g/mol. The highest BCUT2D eigenvalue weighted by atomic mass is 16.5. The molecule has 1 aliphatic rings. The van der Waals surface area contributed by atoms with Crippen LogP contribution in [0.25, 0.3) is 10.9 Å². The number of nitrogens with one attached hydrogen (secondary N) is 1. The molecule has 2 amide bonds. The van der Waals surface area contributed by atoms with E-state index in [1.807, 2.05) is 35.9 Å². The van der Waals surface area contributed by atoms with E-state index in [0.29, 0.717) is 11.4 Å². The van der Waals surface area contributed by atoms with Crippen molar-refractivity contribution in [1.82, 2.24) is 9.88 Å². The second kappa shape index (κ2) is 6.10. The van der Waals surface area contributed by atoms with Crippen LogP contribution in [0.5, 0.6) is 0 Å². The van der Waals surface area contributed by atoms with Crippen molar-refractivity contribution in [3.8, 4) is 6.07 Å². The Balaban J connectivity index is 2.23. The van der Waals surface area contributed by atoms with Crippen molar-refractivity contribution in [2.45, 2.75) is 27.0 Å². The minimum Gasteiger partial charge on any atom is -0.361 e. The van der Waals surface area contributed by atoms with Gasteiger partial charge in [-0.2, -0.15) is 10.3 Å². The maximum Gasteiger partial charge on any atom is 0.344 e. The van der Waals surface area contributed by atoms with Crippen molar-refractivity contribution in [3.05, 3.63) is 35.5 Å². The first-order valence-electron chi connectivity index (χ1n) is 7.90. The minimum atomic E-state index is -0.428. The standard InChI is InChI=1S/C18H20N4O2/c1-10(2)15-16(20-18(23)21-17(15)24-4)22-6-5-13-12(9-19)7-11(3)8-14(13)22/h5-8,10,15,17H,1-4H3,(H,21,23). The number of nitriles is 1. The Morgan fingerprint density at radius 1 is 1.42 bits per heavy atom. The van der Waals surface area contributed by atoms with Crippen molar-refractivity contribution >= 4 is 22.8 Å². The molecule has 2 unspecified atom stereocenters. The number of rotatable bonds is 2. The number of aromatic nitrogens is 1. The van der Waals surface area contributed by atoms with Crippen LogP contribution in [-0.4, -0.2) is 29.8 Å². The Morgan fingerprint density at radius 2 is 2.17 bits per heavy atom. The lowest BCUT2D eigenvalue weighted by Gasteiger charge is -2.34. The fourth-order valence-corrected chi connectivity index (χ4v) is 3.30. The van der Waals surface area contributed by atoms with E-state index in [1.165, 1.54) is 0 Å². The molecule has 2 aromatic rings. The Morgan fingerprint density at radius 3 is 2.79 bits per heavy atom. The number of hydrogen-bond acceptors (Lipinski definition) is 3. The Hall–Kier alpha value is -2.65. The molecule has 2 atom stereocenters. The molecule has 1 aliphatic heterocycles. The molecule has 3 rings (SSSR count). The third-order valence-corrected chi connectivity index (χ3v) is 4.40. The third-order valence-electron chi connectivity index (χ3n) is 4.40. The zero-order valence-corrected chi connectivity index (χ0v) is 14.2. The fraction of sp³-hybridized carbons (Fsp3) is 0.389. The summed E-state index contributed by atoms with van der Waals surface area (Å²) >= 11 is 0. The number of aryl methyl sites for hydroxylation is 1. The van der Waals surface area contributed by atoms with Gasteiger partial charge in [0.2, 0.25) is 0 Å². The second-order valence-electron chi connectivity index (χ2n) is 6.39. The van der Waals surface area contributed by atoms with Crippen LogP contribution in [0, 0.1) is 30.1 Å². The predicted molar refractivity (Wildman–Crippen MR) is 91.9 cm³/mol. The molecule has 2 heterocycles. The van der Waals surface area contributed by atoms with E-state index in [1.54, 1.807) is 7.11 Å². The number of carbonyl (C=O) groups excluding carboxylic acids is 1. The Kier molecular flexibility index (Phi) is 4.12. The molecule has 6 nitrogen and oxygen atoms in total. The first kappa shape index (κ1) is 16.2. The van der Waals surface area contributed by atoms with E-state index >= 15 is 0 Å². The number of benzene rings is 1. The molecule has 0 spiro atoms. The second-order valence-corrected chi connectivity index (χ2v) is 6.39. The maximum absolute atomic E-state index is 12.0. The largest absolute Gasteiger partial charge is 0.361 e. The van der Waals surface area contributed by atoms with Crippen molar-refractivity contribution in [2.75, 3.05) is 7.11 Å². The molecule has 1 aromatic carbocycles. The first-order valence-corrected chi connectivity index (χ1v) is 7.90. The number of nitrogens with zero attached hydrogens (tertiary/aromatic N) is 3. The number of methoxy groups -OCH3 is 1. The first-order chi connectivity index (χ1) is 11.5. The van der Waals surface area contributed by atoms with Gasteiger partial charge in [0.25, 0.3) is 0 Å². The molecule has 0 radical (unpaired) electrons. The zero-order valence-electron chi connectivity index (χ0n) is 14.2. The van der Waals surface area contributed by atoms with E-state index in [4.69, 9.17) is 4.74 Å². The number of carbonyl (C=O) groups is 1. The average Bonchev–Trinajstić information content (AvgIpc) is 2.96. The molecule has 24 heavy (non-hydrogen) atoms. The van der Waals surface area contributed by atoms with Gasteiger partial charge in [-0.15, -0.1) is 0 Å². The molecule has 0 fully saturated rings. The Labute approximate surface area is 140 Å². The number of urea groups is 1. The van der Waals surface area contributed by atoms with E-state index in [9.17, 15) is 10.1 Å². The SMILES string of the molecule is COC1NC(=O)N=C(n2ccc3c(C#N)cc(C)cc32)C1C(C)C. The quantitative estimate of drug-likeness (QED) is 0.922. The lowest BCUT2D eigenvalue weighted by Crippen LogP contribution is -2.51. The molecule has 0 bridgehead atoms. The molecule has 0 aliphatic carbocycles. The van der Waals surface area contributed by atoms with E-state index in [2.05, 4.69) is 30.2 Å². The maximum atomic E-state index is 12.0. The van der Waals surface area contributed by atoms with E-state index in [0.717, 1.165) is 16.5 Å². The van der Waals surface area contributed by atoms with E-state index < -0.39 is 12.3 Å². The topological polar surface area (TPSA) is 79.4 Å². The summed E-state index contributed by atoms with van der Waals surface area (Å²) in [5.41, 5.74) is 2.48. The van der Waals surface area contributed by atoms with Crippen LogP contribution < -0.4 is 5.32 Å². The van der Waals surface area contributed by atoms with Gasteiger partial charge < -0.3 is 14.6 Å². The van der Waals surface area contributed by atoms with Crippen LogP contribution in [0.1, 0.15) is 25.0 Å². The summed E-state index contributed by atoms with van der Waals surface area (Å²) < 4.78 is 7.37. The molecule has 6 heteroatoms. The van der Waals surface area contributed by atoms with Crippen LogP contribution in [0.4, 0.5) is 4.79 Å². The van der Waals surface area contributed by atoms with Gasteiger partial charge in [-0.05, 0) is 36.6 Å². The summed E-state index contributed by atoms with van der Waals surface area (Å²) in [5.74, 6) is 0.770. The predicted octanol–water partition coefficient (Wildman–Crippen LogP) is 3.04. The van der Waals surface area contributed by atoms with E-state index in [-0.39, 0.29) is 11.8 Å². The van der Waals surface area contributed by atoms with Gasteiger partial charge in [0.1, 0.15) is 12.1 Å². The number of aliphatic imine (C=N–C) groups is 1. The number of ether oxygens (including phenoxy) is 1. The minimum absolute atomic E-state index is 0.0886. The zero-order chi connectivity index (χ0) is 17.4. The fourth-order valence-electron chi connectivity index (χ4n) is 3.30. The number of fused-ring (bicyclic) bond motifs is 1. The van der Waals surface area contributed by atoms with Crippen LogP contribution >= 0.6 is 0 Å². The summed E-state index contributed by atoms with van der Waals surface area (Å²) in [6.45, 7) is 6.09. The summed E-state index contributed by atoms with van der Waals surface area (Å²) in [7, 11) is 1.58. The van der Waals surface area contributed by atoms with Crippen molar-refractivity contribution < 1.29 is 9.53 Å². The Bertz CT molecular complexity index is 873. The smallest absolute Gasteiger partial charge is 0.344 e. The number of amides is 2. The summed E-state index contributed by atoms with van der Waals surface area (Å²) in [4.78, 5) is 16.2. The summed E-state index contributed by atoms with van der Waals surface area (Å²) in [5, 5.41) is 13.0. The monoisotopic (exact) mass is 324 g/mol. The van der Waals surface area contributed by atoms with Gasteiger partial charge in [-0.25, -0.2) is 4.79 Å². The third kappa shape index (κ3) is 2.57. The highest BCUT2D eigenvalue weighted by Crippen LogP contribution is 2.28. The lowest BCUT2D eigenvalue weighted by atomic mass is 9.91. The van der Waals surface area contributed by atoms with Gasteiger partial charge in [-0.3, -0.25) is 0 Å². The van der Waals surface area contributed by atoms with Gasteiger partial charge in [0.05, 0.1) is 23.1 Å². The van der Waals surface area contributed by atoms with Crippen molar-refractivity contribution in [3.63, 3.8) is 0 Å². The van der Waals surface area contributed by atoms with Crippen molar-refractivity contribution in [1.29, 1.82) is 5.26 Å². The highest BCUT2D eigenvalue weighted by Gasteiger charge is 2.36. The van der Waals surface area contributed by atoms with Gasteiger partial charge in [0, 0.05) is 18.7 Å². The molecular formula is C18H20N4O2. The van der Waals surface area contributed by atoms with Gasteiger partial charge in [0.15, 0.2) is 0 Å². The molecule has 124 valence electrons. The van der Waals surface area contributed by atoms with Crippen molar-refractivity contribution in [2.24, 2.45) is 16.8 Å². The summed E-state index contributed by atoms with van der Waals surface area (Å²) in [6.07, 6.45) is 1.44. The normalized spacial score (nSPS) is 20.8. The number of hydrogen-bond donors (Lipinski definition) is 1. The van der Waals surface area contributed by atoms with Crippen LogP contribution in [0.3, 0.4) is 0 Å². The summed E-state index contributed by atoms with van der Waals surface area (Å²) in [6, 6.07) is 7.58.